The van der Waals surface area contributed by atoms with E-state index in [4.69, 9.17) is 0 Å². The summed E-state index contributed by atoms with van der Waals surface area (Å²) in [6.45, 7) is 6.62. The van der Waals surface area contributed by atoms with E-state index in [1.807, 2.05) is 24.3 Å². The zero-order chi connectivity index (χ0) is 13.3. The minimum Gasteiger partial charge on any atom is -0.391 e. The van der Waals surface area contributed by atoms with E-state index in [1.54, 1.807) is 6.92 Å². The average molecular weight is 247 g/mol. The van der Waals surface area contributed by atoms with Crippen LogP contribution in [0.4, 0.5) is 5.69 Å². The molecule has 0 amide bonds. The second kappa shape index (κ2) is 4.73. The second-order valence-corrected chi connectivity index (χ2v) is 5.72. The van der Waals surface area contributed by atoms with Crippen LogP contribution >= 0.6 is 0 Å². The van der Waals surface area contributed by atoms with E-state index in [0.29, 0.717) is 6.54 Å². The largest absolute Gasteiger partial charge is 0.391 e. The first-order valence-corrected chi connectivity index (χ1v) is 6.47. The number of piperidine rings is 1. The monoisotopic (exact) mass is 247 g/mol. The van der Waals surface area contributed by atoms with E-state index in [9.17, 15) is 9.90 Å². The molecule has 3 nitrogen and oxygen atoms in total. The Labute approximate surface area is 108 Å². The minimum atomic E-state index is -0.259. The number of β-amino-alcohol motifs (C(OH)–C–C–N with tert-alkyl or cyclic N) is 1. The van der Waals surface area contributed by atoms with E-state index in [-0.39, 0.29) is 17.4 Å². The molecule has 0 bridgehead atoms. The molecule has 1 fully saturated rings. The summed E-state index contributed by atoms with van der Waals surface area (Å²) in [4.78, 5) is 13.5. The molecule has 1 aromatic carbocycles. The van der Waals surface area contributed by atoms with Crippen molar-refractivity contribution in [1.82, 2.24) is 0 Å². The number of nitrogens with zero attached hydrogens (tertiary/aromatic N) is 1. The Hall–Kier alpha value is -1.35. The fraction of sp³-hybridized carbons (Fsp3) is 0.533. The molecule has 98 valence electrons. The topological polar surface area (TPSA) is 40.5 Å². The number of carbonyl (C=O) groups excluding carboxylic acids is 1. The summed E-state index contributed by atoms with van der Waals surface area (Å²) in [6.07, 6.45) is 1.57. The molecule has 1 atom stereocenters. The van der Waals surface area contributed by atoms with Crippen molar-refractivity contribution < 1.29 is 9.90 Å². The molecule has 1 aliphatic rings. The Morgan fingerprint density at radius 1 is 1.33 bits per heavy atom. The number of carbonyl (C=O) groups is 1. The number of hydrogen-bond donors (Lipinski definition) is 1. The van der Waals surface area contributed by atoms with Crippen LogP contribution in [0.25, 0.3) is 0 Å². The molecule has 0 aliphatic carbocycles. The maximum Gasteiger partial charge on any atom is 0.159 e. The molecular formula is C15H21NO2. The maximum atomic E-state index is 11.3. The van der Waals surface area contributed by atoms with Gasteiger partial charge in [-0.05, 0) is 57.9 Å². The van der Waals surface area contributed by atoms with E-state index in [1.165, 1.54) is 0 Å². The van der Waals surface area contributed by atoms with Crippen molar-refractivity contribution in [1.29, 1.82) is 0 Å². The van der Waals surface area contributed by atoms with Crippen molar-refractivity contribution in [3.63, 3.8) is 0 Å². The molecule has 18 heavy (non-hydrogen) atoms. The first kappa shape index (κ1) is 13.1. The van der Waals surface area contributed by atoms with Gasteiger partial charge in [-0.15, -0.1) is 0 Å². The maximum absolute atomic E-state index is 11.3. The van der Waals surface area contributed by atoms with Crippen molar-refractivity contribution in [3.05, 3.63) is 29.8 Å². The Morgan fingerprint density at radius 3 is 2.50 bits per heavy atom. The van der Waals surface area contributed by atoms with Crippen LogP contribution in [0, 0.1) is 0 Å². The number of hydrogen-bond acceptors (Lipinski definition) is 3. The number of anilines is 1. The quantitative estimate of drug-likeness (QED) is 0.817. The van der Waals surface area contributed by atoms with Gasteiger partial charge in [0.25, 0.3) is 0 Å². The molecule has 3 heteroatoms. The van der Waals surface area contributed by atoms with Crippen molar-refractivity contribution in [2.75, 3.05) is 11.4 Å². The lowest BCUT2D eigenvalue weighted by molar-refractivity contribution is 0.101. The number of aliphatic hydroxyl groups is 1. The predicted octanol–water partition coefficient (Wildman–Crippen LogP) is 2.63. The lowest BCUT2D eigenvalue weighted by Crippen LogP contribution is -2.52. The summed E-state index contributed by atoms with van der Waals surface area (Å²) in [7, 11) is 0. The number of rotatable bonds is 2. The zero-order valence-electron chi connectivity index (χ0n) is 11.3. The van der Waals surface area contributed by atoms with Crippen molar-refractivity contribution >= 4 is 11.5 Å². The van der Waals surface area contributed by atoms with Crippen LogP contribution in [0.1, 0.15) is 44.0 Å². The number of aliphatic hydroxyl groups excluding tert-OH is 1. The summed E-state index contributed by atoms with van der Waals surface area (Å²) in [5, 5.41) is 9.82. The highest BCUT2D eigenvalue weighted by Gasteiger charge is 2.33. The average Bonchev–Trinajstić information content (AvgIpc) is 2.32. The fourth-order valence-electron chi connectivity index (χ4n) is 2.53. The first-order chi connectivity index (χ1) is 8.40. The zero-order valence-corrected chi connectivity index (χ0v) is 11.3. The molecular weight excluding hydrogens is 226 g/mol. The number of ketones is 1. The molecule has 1 unspecified atom stereocenters. The molecule has 0 aromatic heterocycles. The van der Waals surface area contributed by atoms with Gasteiger partial charge < -0.3 is 10.0 Å². The van der Waals surface area contributed by atoms with Gasteiger partial charge in [-0.1, -0.05) is 0 Å². The Bertz CT molecular complexity index is 436. The van der Waals surface area contributed by atoms with Crippen molar-refractivity contribution in [2.45, 2.75) is 45.3 Å². The third-order valence-corrected chi connectivity index (χ3v) is 3.80. The molecule has 1 N–H and O–H groups in total. The van der Waals surface area contributed by atoms with E-state index in [0.717, 1.165) is 24.1 Å². The molecule has 1 heterocycles. The number of benzene rings is 1. The van der Waals surface area contributed by atoms with Gasteiger partial charge in [0.15, 0.2) is 5.78 Å². The van der Waals surface area contributed by atoms with Crippen LogP contribution in [0.5, 0.6) is 0 Å². The molecule has 1 aromatic rings. The van der Waals surface area contributed by atoms with Gasteiger partial charge in [-0.3, -0.25) is 4.79 Å². The van der Waals surface area contributed by atoms with Gasteiger partial charge in [0, 0.05) is 23.3 Å². The van der Waals surface area contributed by atoms with Crippen molar-refractivity contribution in [2.24, 2.45) is 0 Å². The third-order valence-electron chi connectivity index (χ3n) is 3.80. The van der Waals surface area contributed by atoms with Gasteiger partial charge in [0.05, 0.1) is 6.10 Å². The van der Waals surface area contributed by atoms with Crippen LogP contribution < -0.4 is 4.90 Å². The van der Waals surface area contributed by atoms with Gasteiger partial charge in [-0.25, -0.2) is 0 Å². The van der Waals surface area contributed by atoms with Gasteiger partial charge in [0.1, 0.15) is 0 Å². The standard InChI is InChI=1S/C15H21NO2/c1-11(17)12-4-6-13(7-5-12)16-10-14(18)8-9-15(16,2)3/h4-7,14,18H,8-10H2,1-3H3. The van der Waals surface area contributed by atoms with Crippen LogP contribution in [0.3, 0.4) is 0 Å². The van der Waals surface area contributed by atoms with Gasteiger partial charge >= 0.3 is 0 Å². The molecule has 1 saturated heterocycles. The van der Waals surface area contributed by atoms with Crippen LogP contribution in [-0.4, -0.2) is 29.1 Å². The van der Waals surface area contributed by atoms with Gasteiger partial charge in [-0.2, -0.15) is 0 Å². The van der Waals surface area contributed by atoms with Crippen LogP contribution in [-0.2, 0) is 0 Å². The highest BCUT2D eigenvalue weighted by molar-refractivity contribution is 5.94. The number of Topliss-reactive ketones (excluding diaryl/α,β-unsaturated/α-hetero) is 1. The van der Waals surface area contributed by atoms with Crippen molar-refractivity contribution in [3.8, 4) is 0 Å². The highest BCUT2D eigenvalue weighted by atomic mass is 16.3. The molecule has 0 spiro atoms. The Balaban J connectivity index is 2.26. The molecule has 1 aliphatic heterocycles. The van der Waals surface area contributed by atoms with E-state index < -0.39 is 0 Å². The molecule has 0 saturated carbocycles. The highest BCUT2D eigenvalue weighted by Crippen LogP contribution is 2.32. The second-order valence-electron chi connectivity index (χ2n) is 5.72. The Kier molecular flexibility index (Phi) is 3.44. The summed E-state index contributed by atoms with van der Waals surface area (Å²) >= 11 is 0. The Morgan fingerprint density at radius 2 is 1.94 bits per heavy atom. The van der Waals surface area contributed by atoms with Crippen LogP contribution in [0.15, 0.2) is 24.3 Å². The molecule has 0 radical (unpaired) electrons. The minimum absolute atomic E-state index is 0.0525. The SMILES string of the molecule is CC(=O)c1ccc(N2CC(O)CCC2(C)C)cc1. The third kappa shape index (κ3) is 2.56. The first-order valence-electron chi connectivity index (χ1n) is 6.47. The smallest absolute Gasteiger partial charge is 0.159 e. The van der Waals surface area contributed by atoms with Gasteiger partial charge in [0.2, 0.25) is 0 Å². The normalized spacial score (nSPS) is 22.9. The fourth-order valence-corrected chi connectivity index (χ4v) is 2.53. The summed E-state index contributed by atoms with van der Waals surface area (Å²) in [6, 6.07) is 7.65. The summed E-state index contributed by atoms with van der Waals surface area (Å²) < 4.78 is 0. The lowest BCUT2D eigenvalue weighted by atomic mass is 9.88. The van der Waals surface area contributed by atoms with E-state index in [2.05, 4.69) is 18.7 Å². The molecule has 2 rings (SSSR count). The lowest BCUT2D eigenvalue weighted by Gasteiger charge is -2.46. The summed E-state index contributed by atoms with van der Waals surface area (Å²) in [5.41, 5.74) is 1.86. The van der Waals surface area contributed by atoms with E-state index >= 15 is 0 Å². The predicted molar refractivity (Wildman–Crippen MR) is 73.1 cm³/mol. The van der Waals surface area contributed by atoms with Crippen LogP contribution in [0.2, 0.25) is 0 Å². The summed E-state index contributed by atoms with van der Waals surface area (Å²) in [5.74, 6) is 0.0829.